The molecular weight excluding hydrogens is 206 g/mol. The molecule has 0 spiro atoms. The molecule has 0 aliphatic carbocycles. The van der Waals surface area contributed by atoms with E-state index in [-0.39, 0.29) is 6.04 Å². The van der Waals surface area contributed by atoms with E-state index in [0.29, 0.717) is 0 Å². The third-order valence-corrected chi connectivity index (χ3v) is 2.97. The molecule has 0 radical (unpaired) electrons. The first-order chi connectivity index (χ1) is 7.26. The minimum Gasteiger partial charge on any atom is -0.271 e. The molecule has 1 rings (SSSR count). The predicted octanol–water partition coefficient (Wildman–Crippen LogP) is 1.63. The summed E-state index contributed by atoms with van der Waals surface area (Å²) in [4.78, 5) is 4.41. The second-order valence-corrected chi connectivity index (χ2v) is 4.45. The SMILES string of the molecule is CC#CCCC(Cc1csc(C)n1)NN. The smallest absolute Gasteiger partial charge is 0.0897 e. The average molecular weight is 223 g/mol. The largest absolute Gasteiger partial charge is 0.271 e. The second kappa shape index (κ2) is 6.57. The number of nitrogens with zero attached hydrogens (tertiary/aromatic N) is 1. The van der Waals surface area contributed by atoms with Crippen LogP contribution in [0.2, 0.25) is 0 Å². The summed E-state index contributed by atoms with van der Waals surface area (Å²) in [6, 6.07) is 0.271. The maximum atomic E-state index is 5.49. The molecule has 4 heteroatoms. The van der Waals surface area contributed by atoms with Crippen LogP contribution in [-0.4, -0.2) is 11.0 Å². The van der Waals surface area contributed by atoms with Crippen LogP contribution in [0.5, 0.6) is 0 Å². The first-order valence-corrected chi connectivity index (χ1v) is 5.91. The van der Waals surface area contributed by atoms with Crippen molar-refractivity contribution in [2.75, 3.05) is 0 Å². The van der Waals surface area contributed by atoms with Crippen molar-refractivity contribution >= 4 is 11.3 Å². The Balaban J connectivity index is 2.41. The van der Waals surface area contributed by atoms with Crippen molar-refractivity contribution in [3.05, 3.63) is 16.1 Å². The van der Waals surface area contributed by atoms with Gasteiger partial charge in [-0.15, -0.1) is 23.2 Å². The third kappa shape index (κ3) is 4.43. The zero-order valence-corrected chi connectivity index (χ0v) is 10.0. The third-order valence-electron chi connectivity index (χ3n) is 2.15. The van der Waals surface area contributed by atoms with Gasteiger partial charge in [0.1, 0.15) is 0 Å². The number of hydrogen-bond acceptors (Lipinski definition) is 4. The van der Waals surface area contributed by atoms with Crippen LogP contribution >= 0.6 is 11.3 Å². The fourth-order valence-electron chi connectivity index (χ4n) is 1.37. The van der Waals surface area contributed by atoms with Crippen molar-refractivity contribution in [2.24, 2.45) is 5.84 Å². The summed E-state index contributed by atoms with van der Waals surface area (Å²) in [5.74, 6) is 11.4. The lowest BCUT2D eigenvalue weighted by atomic mass is 10.1. The molecule has 1 atom stereocenters. The minimum absolute atomic E-state index is 0.271. The molecule has 0 bridgehead atoms. The van der Waals surface area contributed by atoms with Crippen LogP contribution < -0.4 is 11.3 Å². The first-order valence-electron chi connectivity index (χ1n) is 5.03. The molecular formula is C11H17N3S. The molecule has 82 valence electrons. The van der Waals surface area contributed by atoms with Crippen LogP contribution in [0.25, 0.3) is 0 Å². The molecule has 0 aliphatic heterocycles. The zero-order chi connectivity index (χ0) is 11.1. The van der Waals surface area contributed by atoms with E-state index < -0.39 is 0 Å². The monoisotopic (exact) mass is 223 g/mol. The minimum atomic E-state index is 0.271. The Morgan fingerprint density at radius 3 is 3.00 bits per heavy atom. The van der Waals surface area contributed by atoms with Gasteiger partial charge in [-0.25, -0.2) is 4.98 Å². The number of hydrazine groups is 1. The molecule has 3 nitrogen and oxygen atoms in total. The van der Waals surface area contributed by atoms with Gasteiger partial charge >= 0.3 is 0 Å². The fraction of sp³-hybridized carbons (Fsp3) is 0.545. The van der Waals surface area contributed by atoms with Gasteiger partial charge in [0.05, 0.1) is 10.7 Å². The van der Waals surface area contributed by atoms with E-state index in [9.17, 15) is 0 Å². The Hall–Kier alpha value is -0.890. The van der Waals surface area contributed by atoms with E-state index >= 15 is 0 Å². The lowest BCUT2D eigenvalue weighted by Gasteiger charge is -2.12. The van der Waals surface area contributed by atoms with Crippen LogP contribution in [-0.2, 0) is 6.42 Å². The van der Waals surface area contributed by atoms with Gasteiger partial charge in [0.25, 0.3) is 0 Å². The Morgan fingerprint density at radius 1 is 1.67 bits per heavy atom. The van der Waals surface area contributed by atoms with Crippen molar-refractivity contribution < 1.29 is 0 Å². The van der Waals surface area contributed by atoms with E-state index in [1.54, 1.807) is 11.3 Å². The standard InChI is InChI=1S/C11H17N3S/c1-3-4-5-6-10(14-12)7-11-8-15-9(2)13-11/h8,10,14H,5-7,12H2,1-2H3. The summed E-state index contributed by atoms with van der Waals surface area (Å²) < 4.78 is 0. The van der Waals surface area contributed by atoms with Crippen molar-refractivity contribution in [2.45, 2.75) is 39.2 Å². The van der Waals surface area contributed by atoms with Gasteiger partial charge in [0.2, 0.25) is 0 Å². The highest BCUT2D eigenvalue weighted by Crippen LogP contribution is 2.11. The molecule has 0 saturated carbocycles. The number of hydrogen-bond donors (Lipinski definition) is 2. The molecule has 1 unspecified atom stereocenters. The number of aryl methyl sites for hydroxylation is 1. The van der Waals surface area contributed by atoms with Crippen molar-refractivity contribution in [3.63, 3.8) is 0 Å². The Morgan fingerprint density at radius 2 is 2.47 bits per heavy atom. The van der Waals surface area contributed by atoms with E-state index in [4.69, 9.17) is 5.84 Å². The van der Waals surface area contributed by atoms with Gasteiger partial charge in [-0.1, -0.05) is 0 Å². The Kier molecular flexibility index (Phi) is 5.33. The molecule has 1 heterocycles. The maximum absolute atomic E-state index is 5.49. The van der Waals surface area contributed by atoms with Crippen LogP contribution in [0.4, 0.5) is 0 Å². The quantitative estimate of drug-likeness (QED) is 0.453. The van der Waals surface area contributed by atoms with Gasteiger partial charge < -0.3 is 0 Å². The highest BCUT2D eigenvalue weighted by molar-refractivity contribution is 7.09. The number of nitrogens with two attached hydrogens (primary N) is 1. The second-order valence-electron chi connectivity index (χ2n) is 3.39. The van der Waals surface area contributed by atoms with Gasteiger partial charge in [-0.05, 0) is 20.3 Å². The number of thiazole rings is 1. The van der Waals surface area contributed by atoms with Crippen LogP contribution in [0.15, 0.2) is 5.38 Å². The highest BCUT2D eigenvalue weighted by atomic mass is 32.1. The summed E-state index contributed by atoms with van der Waals surface area (Å²) in [5, 5.41) is 3.19. The molecule has 0 aromatic carbocycles. The van der Waals surface area contributed by atoms with Gasteiger partial charge in [-0.2, -0.15) is 0 Å². The maximum Gasteiger partial charge on any atom is 0.0897 e. The van der Waals surface area contributed by atoms with Crippen molar-refractivity contribution in [1.29, 1.82) is 0 Å². The van der Waals surface area contributed by atoms with E-state index in [1.807, 2.05) is 13.8 Å². The number of nitrogens with one attached hydrogen (secondary N) is 1. The summed E-state index contributed by atoms with van der Waals surface area (Å²) in [6.45, 7) is 3.87. The fourth-order valence-corrected chi connectivity index (χ4v) is 2.00. The molecule has 0 fully saturated rings. The van der Waals surface area contributed by atoms with Crippen molar-refractivity contribution in [1.82, 2.24) is 10.4 Å². The van der Waals surface area contributed by atoms with Crippen LogP contribution in [0.1, 0.15) is 30.5 Å². The first kappa shape index (κ1) is 12.2. The summed E-state index contributed by atoms with van der Waals surface area (Å²) in [5.41, 5.74) is 3.93. The lowest BCUT2D eigenvalue weighted by Crippen LogP contribution is -2.36. The van der Waals surface area contributed by atoms with Crippen LogP contribution in [0.3, 0.4) is 0 Å². The Bertz CT molecular complexity index is 348. The predicted molar refractivity (Wildman–Crippen MR) is 64.4 cm³/mol. The van der Waals surface area contributed by atoms with Gasteiger partial charge in [0.15, 0.2) is 0 Å². The number of rotatable bonds is 5. The topological polar surface area (TPSA) is 50.9 Å². The summed E-state index contributed by atoms with van der Waals surface area (Å²) >= 11 is 1.68. The molecule has 0 amide bonds. The molecule has 3 N–H and O–H groups in total. The highest BCUT2D eigenvalue weighted by Gasteiger charge is 2.08. The Labute approximate surface area is 95.1 Å². The lowest BCUT2D eigenvalue weighted by molar-refractivity contribution is 0.494. The molecule has 1 aromatic heterocycles. The van der Waals surface area contributed by atoms with E-state index in [2.05, 4.69) is 27.6 Å². The normalized spacial score (nSPS) is 11.9. The molecule has 1 aromatic rings. The van der Waals surface area contributed by atoms with Crippen LogP contribution in [0, 0.1) is 18.8 Å². The molecule has 0 saturated heterocycles. The molecule has 0 aliphatic rings. The van der Waals surface area contributed by atoms with Gasteiger partial charge in [-0.3, -0.25) is 11.3 Å². The van der Waals surface area contributed by atoms with Crippen molar-refractivity contribution in [3.8, 4) is 11.8 Å². The zero-order valence-electron chi connectivity index (χ0n) is 9.21. The summed E-state index contributed by atoms with van der Waals surface area (Å²) in [6.07, 6.45) is 2.73. The average Bonchev–Trinajstić information content (AvgIpc) is 2.63. The van der Waals surface area contributed by atoms with E-state index in [0.717, 1.165) is 30.0 Å². The summed E-state index contributed by atoms with van der Waals surface area (Å²) in [7, 11) is 0. The van der Waals surface area contributed by atoms with E-state index in [1.165, 1.54) is 0 Å². The molecule has 15 heavy (non-hydrogen) atoms. The number of aromatic nitrogens is 1. The van der Waals surface area contributed by atoms with Gasteiger partial charge in [0, 0.05) is 24.3 Å².